The highest BCUT2D eigenvalue weighted by Gasteiger charge is 2.29. The Kier molecular flexibility index (Phi) is 6.44. The highest BCUT2D eigenvalue weighted by molar-refractivity contribution is 4.98. The van der Waals surface area contributed by atoms with Gasteiger partial charge < -0.3 is 9.64 Å². The van der Waals surface area contributed by atoms with Crippen molar-refractivity contribution in [3.05, 3.63) is 0 Å². The summed E-state index contributed by atoms with van der Waals surface area (Å²) in [6.45, 7) is 6.93. The van der Waals surface area contributed by atoms with Gasteiger partial charge in [-0.2, -0.15) is 0 Å². The fourth-order valence-corrected chi connectivity index (χ4v) is 1.98. The Hall–Kier alpha value is -0.590. The van der Waals surface area contributed by atoms with Gasteiger partial charge in [0, 0.05) is 19.5 Å². The Morgan fingerprint density at radius 3 is 2.81 bits per heavy atom. The zero-order valence-electron chi connectivity index (χ0n) is 10.3. The second-order valence-corrected chi connectivity index (χ2v) is 4.16. The summed E-state index contributed by atoms with van der Waals surface area (Å²) in [6.07, 6.45) is 1.59. The quantitative estimate of drug-likeness (QED) is 0.683. The van der Waals surface area contributed by atoms with E-state index in [1.54, 1.807) is 0 Å². The number of nitrogens with zero attached hydrogens (tertiary/aromatic N) is 1. The number of hydrogen-bond acceptors (Lipinski definition) is 2. The molecule has 0 N–H and O–H groups in total. The smallest absolute Gasteiger partial charge is 0.139 e. The van der Waals surface area contributed by atoms with Gasteiger partial charge in [0.1, 0.15) is 12.8 Å². The van der Waals surface area contributed by atoms with Crippen molar-refractivity contribution < 1.29 is 9.13 Å². The van der Waals surface area contributed by atoms with Crippen LogP contribution in [0.3, 0.4) is 0 Å². The average molecular weight is 227 g/mol. The Morgan fingerprint density at radius 2 is 2.19 bits per heavy atom. The van der Waals surface area contributed by atoms with E-state index in [2.05, 4.69) is 23.7 Å². The van der Waals surface area contributed by atoms with E-state index in [4.69, 9.17) is 4.74 Å². The summed E-state index contributed by atoms with van der Waals surface area (Å²) in [5.74, 6) is 5.81. The van der Waals surface area contributed by atoms with Crippen molar-refractivity contribution in [2.45, 2.75) is 45.4 Å². The first-order valence-corrected chi connectivity index (χ1v) is 6.21. The fourth-order valence-electron chi connectivity index (χ4n) is 1.98. The van der Waals surface area contributed by atoms with Crippen LogP contribution in [0.15, 0.2) is 0 Å². The maximum Gasteiger partial charge on any atom is 0.139 e. The van der Waals surface area contributed by atoms with Crippen LogP contribution in [0.2, 0.25) is 0 Å². The average Bonchev–Trinajstić information content (AvgIpc) is 2.27. The Balaban J connectivity index is 2.24. The molecule has 0 aromatic heterocycles. The molecule has 1 aliphatic heterocycles. The number of hydrogen-bond donors (Lipinski definition) is 0. The lowest BCUT2D eigenvalue weighted by molar-refractivity contribution is -0.0338. The van der Waals surface area contributed by atoms with Crippen LogP contribution >= 0.6 is 0 Å². The van der Waals surface area contributed by atoms with Crippen molar-refractivity contribution in [2.24, 2.45) is 0 Å². The van der Waals surface area contributed by atoms with E-state index >= 15 is 0 Å². The molecule has 1 saturated heterocycles. The molecule has 16 heavy (non-hydrogen) atoms. The van der Waals surface area contributed by atoms with Crippen LogP contribution < -0.4 is 0 Å². The molecule has 0 amide bonds. The molecule has 0 bridgehead atoms. The normalized spacial score (nSPS) is 26.2. The first-order valence-electron chi connectivity index (χ1n) is 6.21. The number of halogens is 1. The van der Waals surface area contributed by atoms with E-state index in [1.165, 1.54) is 0 Å². The molecule has 92 valence electrons. The zero-order valence-corrected chi connectivity index (χ0v) is 10.3. The highest BCUT2D eigenvalue weighted by Crippen LogP contribution is 2.17. The Labute approximate surface area is 98.2 Å². The number of piperidine rings is 1. The SMILES string of the molecule is CCC#CCOC1CCN(CCC)CC1F. The second kappa shape index (κ2) is 7.65. The summed E-state index contributed by atoms with van der Waals surface area (Å²) < 4.78 is 19.2. The van der Waals surface area contributed by atoms with E-state index in [1.807, 2.05) is 6.92 Å². The third kappa shape index (κ3) is 4.51. The van der Waals surface area contributed by atoms with Gasteiger partial charge in [0.2, 0.25) is 0 Å². The second-order valence-electron chi connectivity index (χ2n) is 4.16. The van der Waals surface area contributed by atoms with Gasteiger partial charge in [0.15, 0.2) is 0 Å². The van der Waals surface area contributed by atoms with E-state index in [0.717, 1.165) is 32.4 Å². The molecular formula is C13H22FNO. The third-order valence-electron chi connectivity index (χ3n) is 2.78. The molecular weight excluding hydrogens is 205 g/mol. The molecule has 0 aliphatic carbocycles. The van der Waals surface area contributed by atoms with E-state index in [9.17, 15) is 4.39 Å². The lowest BCUT2D eigenvalue weighted by Crippen LogP contribution is -2.45. The summed E-state index contributed by atoms with van der Waals surface area (Å²) in [7, 11) is 0. The zero-order chi connectivity index (χ0) is 11.8. The van der Waals surface area contributed by atoms with Gasteiger partial charge in [0.05, 0.1) is 6.10 Å². The van der Waals surface area contributed by atoms with E-state index < -0.39 is 6.17 Å². The van der Waals surface area contributed by atoms with Gasteiger partial charge in [-0.25, -0.2) is 4.39 Å². The minimum absolute atomic E-state index is 0.251. The summed E-state index contributed by atoms with van der Waals surface area (Å²) in [5, 5.41) is 0. The molecule has 1 rings (SSSR count). The van der Waals surface area contributed by atoms with Crippen LogP contribution in [0, 0.1) is 11.8 Å². The van der Waals surface area contributed by atoms with Gasteiger partial charge in [0.25, 0.3) is 0 Å². The van der Waals surface area contributed by atoms with E-state index in [0.29, 0.717) is 13.2 Å². The first kappa shape index (κ1) is 13.5. The molecule has 0 saturated carbocycles. The minimum atomic E-state index is -0.858. The minimum Gasteiger partial charge on any atom is -0.362 e. The van der Waals surface area contributed by atoms with Crippen molar-refractivity contribution >= 4 is 0 Å². The number of rotatable bonds is 4. The number of alkyl halides is 1. The van der Waals surface area contributed by atoms with Crippen LogP contribution in [-0.4, -0.2) is 43.4 Å². The molecule has 3 heteroatoms. The maximum atomic E-state index is 13.7. The summed E-state index contributed by atoms with van der Waals surface area (Å²) >= 11 is 0. The van der Waals surface area contributed by atoms with E-state index in [-0.39, 0.29) is 6.10 Å². The van der Waals surface area contributed by atoms with Crippen LogP contribution in [0.5, 0.6) is 0 Å². The molecule has 0 spiro atoms. The highest BCUT2D eigenvalue weighted by atomic mass is 19.1. The lowest BCUT2D eigenvalue weighted by Gasteiger charge is -2.33. The topological polar surface area (TPSA) is 12.5 Å². The van der Waals surface area contributed by atoms with Gasteiger partial charge >= 0.3 is 0 Å². The lowest BCUT2D eigenvalue weighted by atomic mass is 10.1. The van der Waals surface area contributed by atoms with Crippen molar-refractivity contribution in [2.75, 3.05) is 26.2 Å². The van der Waals surface area contributed by atoms with Crippen LogP contribution in [0.1, 0.15) is 33.1 Å². The fraction of sp³-hybridized carbons (Fsp3) is 0.846. The van der Waals surface area contributed by atoms with Crippen molar-refractivity contribution in [1.29, 1.82) is 0 Å². The molecule has 1 aliphatic rings. The summed E-state index contributed by atoms with van der Waals surface area (Å²) in [4.78, 5) is 2.17. The van der Waals surface area contributed by atoms with Gasteiger partial charge in [-0.3, -0.25) is 0 Å². The molecule has 0 aromatic rings. The Morgan fingerprint density at radius 1 is 1.38 bits per heavy atom. The van der Waals surface area contributed by atoms with Crippen LogP contribution in [0.25, 0.3) is 0 Å². The molecule has 0 radical (unpaired) electrons. The summed E-state index contributed by atoms with van der Waals surface area (Å²) in [5.41, 5.74) is 0. The first-order chi connectivity index (χ1) is 7.77. The van der Waals surface area contributed by atoms with Gasteiger partial charge in [-0.1, -0.05) is 19.8 Å². The molecule has 1 heterocycles. The predicted molar refractivity (Wildman–Crippen MR) is 64.1 cm³/mol. The number of ether oxygens (including phenoxy) is 1. The largest absolute Gasteiger partial charge is 0.362 e. The van der Waals surface area contributed by atoms with Gasteiger partial charge in [-0.05, 0) is 19.4 Å². The molecule has 1 fully saturated rings. The van der Waals surface area contributed by atoms with Crippen molar-refractivity contribution in [1.82, 2.24) is 4.90 Å². The van der Waals surface area contributed by atoms with Crippen molar-refractivity contribution in [3.8, 4) is 11.8 Å². The standard InChI is InChI=1S/C13H22FNO/c1-3-5-6-10-16-13-7-9-15(8-4-2)11-12(13)14/h12-13H,3-4,7-11H2,1-2H3. The maximum absolute atomic E-state index is 13.7. The molecule has 2 nitrogen and oxygen atoms in total. The monoisotopic (exact) mass is 227 g/mol. The van der Waals surface area contributed by atoms with Crippen LogP contribution in [-0.2, 0) is 4.74 Å². The Bertz CT molecular complexity index is 246. The van der Waals surface area contributed by atoms with Gasteiger partial charge in [-0.15, -0.1) is 5.92 Å². The predicted octanol–water partition coefficient (Wildman–Crippen LogP) is 2.24. The molecule has 0 aromatic carbocycles. The van der Waals surface area contributed by atoms with Crippen molar-refractivity contribution in [3.63, 3.8) is 0 Å². The third-order valence-corrected chi connectivity index (χ3v) is 2.78. The summed E-state index contributed by atoms with van der Waals surface area (Å²) in [6, 6.07) is 0. The molecule has 2 unspecified atom stereocenters. The van der Waals surface area contributed by atoms with Crippen LogP contribution in [0.4, 0.5) is 4.39 Å². The molecule has 2 atom stereocenters. The number of likely N-dealkylation sites (tertiary alicyclic amines) is 1.